The van der Waals surface area contributed by atoms with E-state index >= 15 is 0 Å². The SMILES string of the molecule is Cn1c(NC(=O)OCc2ccccc2)nc(Cl)c1C=O. The van der Waals surface area contributed by atoms with Crippen molar-refractivity contribution in [1.29, 1.82) is 0 Å². The lowest BCUT2D eigenvalue weighted by molar-refractivity contribution is 0.111. The molecule has 0 saturated carbocycles. The van der Waals surface area contributed by atoms with Gasteiger partial charge in [-0.15, -0.1) is 0 Å². The largest absolute Gasteiger partial charge is 0.444 e. The topological polar surface area (TPSA) is 73.2 Å². The second kappa shape index (κ2) is 6.21. The van der Waals surface area contributed by atoms with E-state index in [1.54, 1.807) is 7.05 Å². The number of benzene rings is 1. The Labute approximate surface area is 120 Å². The number of imidazole rings is 1. The van der Waals surface area contributed by atoms with Gasteiger partial charge in [-0.2, -0.15) is 4.98 Å². The number of aromatic nitrogens is 2. The Morgan fingerprint density at radius 3 is 2.75 bits per heavy atom. The number of halogens is 1. The molecule has 1 N–H and O–H groups in total. The fourth-order valence-electron chi connectivity index (χ4n) is 1.57. The summed E-state index contributed by atoms with van der Waals surface area (Å²) in [4.78, 5) is 26.3. The zero-order valence-corrected chi connectivity index (χ0v) is 11.4. The van der Waals surface area contributed by atoms with Crippen LogP contribution in [0.3, 0.4) is 0 Å². The van der Waals surface area contributed by atoms with Gasteiger partial charge in [0.1, 0.15) is 12.3 Å². The summed E-state index contributed by atoms with van der Waals surface area (Å²) in [6.45, 7) is 0.144. The van der Waals surface area contributed by atoms with Crippen molar-refractivity contribution >= 4 is 29.9 Å². The smallest absolute Gasteiger partial charge is 0.414 e. The first kappa shape index (κ1) is 14.1. The third kappa shape index (κ3) is 3.16. The molecule has 0 aliphatic carbocycles. The van der Waals surface area contributed by atoms with Crippen LogP contribution in [0.5, 0.6) is 0 Å². The molecular weight excluding hydrogens is 282 g/mol. The van der Waals surface area contributed by atoms with Gasteiger partial charge in [0.2, 0.25) is 5.95 Å². The van der Waals surface area contributed by atoms with E-state index in [0.29, 0.717) is 6.29 Å². The fraction of sp³-hybridized carbons (Fsp3) is 0.154. The molecule has 7 heteroatoms. The van der Waals surface area contributed by atoms with E-state index in [2.05, 4.69) is 10.3 Å². The van der Waals surface area contributed by atoms with Crippen LogP contribution in [0.25, 0.3) is 0 Å². The molecule has 0 saturated heterocycles. The van der Waals surface area contributed by atoms with Crippen LogP contribution >= 0.6 is 11.6 Å². The van der Waals surface area contributed by atoms with Crippen LogP contribution < -0.4 is 5.32 Å². The van der Waals surface area contributed by atoms with Crippen molar-refractivity contribution in [2.75, 3.05) is 5.32 Å². The van der Waals surface area contributed by atoms with Gasteiger partial charge in [0.05, 0.1) is 0 Å². The highest BCUT2D eigenvalue weighted by Gasteiger charge is 2.14. The first-order chi connectivity index (χ1) is 9.61. The lowest BCUT2D eigenvalue weighted by Crippen LogP contribution is -2.16. The number of rotatable bonds is 4. The van der Waals surface area contributed by atoms with E-state index in [1.807, 2.05) is 30.3 Å². The molecule has 0 radical (unpaired) electrons. The minimum absolute atomic E-state index is 0.0286. The number of ether oxygens (including phenoxy) is 1. The highest BCUT2D eigenvalue weighted by Crippen LogP contribution is 2.17. The molecule has 104 valence electrons. The molecule has 0 fully saturated rings. The zero-order chi connectivity index (χ0) is 14.5. The standard InChI is InChI=1S/C13H12ClN3O3/c1-17-10(7-18)11(14)15-12(17)16-13(19)20-8-9-5-3-2-4-6-9/h2-7H,8H2,1H3,(H,15,16,19). The molecule has 0 aliphatic heterocycles. The zero-order valence-electron chi connectivity index (χ0n) is 10.7. The molecule has 0 aliphatic rings. The van der Waals surface area contributed by atoms with Crippen LogP contribution in [0.1, 0.15) is 16.1 Å². The predicted molar refractivity (Wildman–Crippen MR) is 73.9 cm³/mol. The number of nitrogens with zero attached hydrogens (tertiary/aromatic N) is 2. The van der Waals surface area contributed by atoms with Crippen molar-refractivity contribution in [2.45, 2.75) is 6.61 Å². The summed E-state index contributed by atoms with van der Waals surface area (Å²) in [6, 6.07) is 9.27. The van der Waals surface area contributed by atoms with Gasteiger partial charge >= 0.3 is 6.09 Å². The summed E-state index contributed by atoms with van der Waals surface area (Å²) in [6.07, 6.45) is -0.105. The molecule has 2 rings (SSSR count). The number of carbonyl (C=O) groups is 2. The highest BCUT2D eigenvalue weighted by molar-refractivity contribution is 6.31. The van der Waals surface area contributed by atoms with Gasteiger partial charge in [-0.05, 0) is 5.56 Å². The van der Waals surface area contributed by atoms with Crippen molar-refractivity contribution < 1.29 is 14.3 Å². The van der Waals surface area contributed by atoms with E-state index < -0.39 is 6.09 Å². The quantitative estimate of drug-likeness (QED) is 0.880. The van der Waals surface area contributed by atoms with Crippen LogP contribution in [0.4, 0.5) is 10.7 Å². The van der Waals surface area contributed by atoms with E-state index in [0.717, 1.165) is 5.56 Å². The Hall–Kier alpha value is -2.34. The van der Waals surface area contributed by atoms with Gasteiger partial charge in [0.15, 0.2) is 11.4 Å². The van der Waals surface area contributed by atoms with Crippen molar-refractivity contribution in [3.05, 3.63) is 46.7 Å². The number of hydrogen-bond acceptors (Lipinski definition) is 4. The van der Waals surface area contributed by atoms with Crippen molar-refractivity contribution in [3.8, 4) is 0 Å². The molecule has 1 heterocycles. The first-order valence-corrected chi connectivity index (χ1v) is 6.14. The Balaban J connectivity index is 1.97. The van der Waals surface area contributed by atoms with Gasteiger partial charge in [0, 0.05) is 7.05 Å². The molecule has 1 aromatic heterocycles. The van der Waals surface area contributed by atoms with E-state index in [-0.39, 0.29) is 23.4 Å². The van der Waals surface area contributed by atoms with Gasteiger partial charge in [-0.3, -0.25) is 10.1 Å². The maximum absolute atomic E-state index is 11.6. The Morgan fingerprint density at radius 1 is 1.45 bits per heavy atom. The normalized spacial score (nSPS) is 10.1. The molecular formula is C13H12ClN3O3. The molecule has 0 bridgehead atoms. The summed E-state index contributed by atoms with van der Waals surface area (Å²) < 4.78 is 6.41. The Bertz CT molecular complexity index is 625. The number of aldehydes is 1. The molecule has 1 amide bonds. The summed E-state index contributed by atoms with van der Waals surface area (Å²) >= 11 is 5.75. The van der Waals surface area contributed by atoms with Gasteiger partial charge in [-0.25, -0.2) is 4.79 Å². The summed E-state index contributed by atoms with van der Waals surface area (Å²) in [5.74, 6) is 0.148. The van der Waals surface area contributed by atoms with Crippen molar-refractivity contribution in [1.82, 2.24) is 9.55 Å². The van der Waals surface area contributed by atoms with E-state index in [1.165, 1.54) is 4.57 Å². The molecule has 6 nitrogen and oxygen atoms in total. The minimum Gasteiger partial charge on any atom is -0.444 e. The number of carbonyl (C=O) groups excluding carboxylic acids is 2. The lowest BCUT2D eigenvalue weighted by atomic mass is 10.2. The van der Waals surface area contributed by atoms with Crippen LogP contribution in [0, 0.1) is 0 Å². The molecule has 1 aromatic carbocycles. The van der Waals surface area contributed by atoms with Crippen LogP contribution in [-0.2, 0) is 18.4 Å². The van der Waals surface area contributed by atoms with Crippen LogP contribution in [-0.4, -0.2) is 21.9 Å². The molecule has 0 unspecified atom stereocenters. The monoisotopic (exact) mass is 293 g/mol. The summed E-state index contributed by atoms with van der Waals surface area (Å²) in [5, 5.41) is 2.45. The lowest BCUT2D eigenvalue weighted by Gasteiger charge is -2.06. The second-order valence-corrected chi connectivity index (χ2v) is 4.33. The summed E-state index contributed by atoms with van der Waals surface area (Å²) in [5.41, 5.74) is 1.05. The van der Waals surface area contributed by atoms with Gasteiger partial charge in [-0.1, -0.05) is 41.9 Å². The minimum atomic E-state index is -0.670. The van der Waals surface area contributed by atoms with Crippen LogP contribution in [0.2, 0.25) is 5.15 Å². The third-order valence-electron chi connectivity index (χ3n) is 2.63. The molecule has 2 aromatic rings. The maximum Gasteiger partial charge on any atom is 0.414 e. The van der Waals surface area contributed by atoms with Crippen molar-refractivity contribution in [3.63, 3.8) is 0 Å². The predicted octanol–water partition coefficient (Wildman–Crippen LogP) is 2.63. The molecule has 0 atom stereocenters. The second-order valence-electron chi connectivity index (χ2n) is 3.98. The Kier molecular flexibility index (Phi) is 4.37. The fourth-order valence-corrected chi connectivity index (χ4v) is 1.82. The maximum atomic E-state index is 11.6. The number of amides is 1. The van der Waals surface area contributed by atoms with E-state index in [4.69, 9.17) is 16.3 Å². The molecule has 0 spiro atoms. The average Bonchev–Trinajstić information content (AvgIpc) is 2.72. The number of anilines is 1. The number of hydrogen-bond donors (Lipinski definition) is 1. The third-order valence-corrected chi connectivity index (χ3v) is 2.91. The van der Waals surface area contributed by atoms with Gasteiger partial charge < -0.3 is 9.30 Å². The average molecular weight is 294 g/mol. The van der Waals surface area contributed by atoms with Gasteiger partial charge in [0.25, 0.3) is 0 Å². The Morgan fingerprint density at radius 2 is 2.15 bits per heavy atom. The summed E-state index contributed by atoms with van der Waals surface area (Å²) in [7, 11) is 1.56. The van der Waals surface area contributed by atoms with E-state index in [9.17, 15) is 9.59 Å². The first-order valence-electron chi connectivity index (χ1n) is 5.77. The molecule has 20 heavy (non-hydrogen) atoms. The van der Waals surface area contributed by atoms with Crippen LogP contribution in [0.15, 0.2) is 30.3 Å². The number of nitrogens with one attached hydrogen (secondary N) is 1. The van der Waals surface area contributed by atoms with Crippen molar-refractivity contribution in [2.24, 2.45) is 7.05 Å². The highest BCUT2D eigenvalue weighted by atomic mass is 35.5.